The number of non-ortho nitro benzene ring substituents is 1. The van der Waals surface area contributed by atoms with Crippen LogP contribution in [-0.2, 0) is 19.6 Å². The monoisotopic (exact) mass is 533 g/mol. The van der Waals surface area contributed by atoms with Gasteiger partial charge in [0.2, 0.25) is 10.0 Å². The van der Waals surface area contributed by atoms with Crippen molar-refractivity contribution in [3.63, 3.8) is 0 Å². The third-order valence-corrected chi connectivity index (χ3v) is 6.81. The van der Waals surface area contributed by atoms with Crippen LogP contribution in [0.5, 0.6) is 11.5 Å². The Balaban J connectivity index is 0.000000509. The molecular weight excluding hydrogens is 509 g/mol. The predicted molar refractivity (Wildman–Crippen MR) is 128 cm³/mol. The number of halogens is 2. The molecule has 0 radical (unpaired) electrons. The van der Waals surface area contributed by atoms with Gasteiger partial charge in [0.1, 0.15) is 22.0 Å². The molecule has 1 aliphatic heterocycles. The van der Waals surface area contributed by atoms with Gasteiger partial charge in [-0.25, -0.2) is 8.42 Å². The van der Waals surface area contributed by atoms with Gasteiger partial charge in [0.25, 0.3) is 12.2 Å². The van der Waals surface area contributed by atoms with Crippen molar-refractivity contribution in [3.05, 3.63) is 56.6 Å². The molecule has 0 aliphatic carbocycles. The van der Waals surface area contributed by atoms with Gasteiger partial charge >= 0.3 is 0 Å². The standard InChI is InChI=1S/C16H15Cl2N3O5S.C5H10O2/c17-11-1-3-13(18)15(9-11)26-14-4-2-12(21(22)23)10-16(14)27(24,25)20-7-5-19-6-8-20;1-5(2,3)7-4-6/h1-4,9-10,19H,5-8H2;4H,1-3H3. The van der Waals surface area contributed by atoms with Crippen molar-refractivity contribution in [2.24, 2.45) is 0 Å². The zero-order valence-corrected chi connectivity index (χ0v) is 21.1. The Morgan fingerprint density at radius 3 is 2.26 bits per heavy atom. The number of carbonyl (C=O) groups excluding carboxylic acids is 1. The molecule has 3 rings (SSSR count). The summed E-state index contributed by atoms with van der Waals surface area (Å²) in [6.45, 7) is 7.41. The zero-order valence-electron chi connectivity index (χ0n) is 18.8. The van der Waals surface area contributed by atoms with Crippen molar-refractivity contribution in [3.8, 4) is 11.5 Å². The summed E-state index contributed by atoms with van der Waals surface area (Å²) in [4.78, 5) is 19.8. The largest absolute Gasteiger partial charge is 0.462 e. The van der Waals surface area contributed by atoms with E-state index in [1.807, 2.05) is 20.8 Å². The van der Waals surface area contributed by atoms with Crippen molar-refractivity contribution < 1.29 is 27.6 Å². The number of rotatable bonds is 6. The van der Waals surface area contributed by atoms with Gasteiger partial charge in [-0.3, -0.25) is 14.9 Å². The maximum atomic E-state index is 13.1. The number of nitro benzene ring substituents is 1. The molecular formula is C21H25Cl2N3O7S. The second-order valence-electron chi connectivity index (χ2n) is 8.05. The number of piperazine rings is 1. The lowest BCUT2D eigenvalue weighted by atomic mass is 10.2. The third-order valence-electron chi connectivity index (χ3n) is 4.35. The highest BCUT2D eigenvalue weighted by molar-refractivity contribution is 7.89. The van der Waals surface area contributed by atoms with Crippen LogP contribution in [0, 0.1) is 10.1 Å². The molecule has 1 heterocycles. The smallest absolute Gasteiger partial charge is 0.293 e. The number of hydrogen-bond acceptors (Lipinski definition) is 8. The summed E-state index contributed by atoms with van der Waals surface area (Å²) in [5.41, 5.74) is -0.671. The van der Waals surface area contributed by atoms with E-state index in [1.54, 1.807) is 6.07 Å². The normalized spacial score (nSPS) is 14.5. The summed E-state index contributed by atoms with van der Waals surface area (Å²) < 4.78 is 37.6. The Morgan fingerprint density at radius 1 is 1.09 bits per heavy atom. The fourth-order valence-electron chi connectivity index (χ4n) is 2.74. The quantitative estimate of drug-likeness (QED) is 0.331. The highest BCUT2D eigenvalue weighted by atomic mass is 35.5. The molecule has 0 saturated carbocycles. The number of carbonyl (C=O) groups is 1. The summed E-state index contributed by atoms with van der Waals surface area (Å²) in [6.07, 6.45) is 0. The fraction of sp³-hybridized carbons (Fsp3) is 0.381. The molecule has 1 saturated heterocycles. The van der Waals surface area contributed by atoms with Crippen LogP contribution in [0.2, 0.25) is 10.0 Å². The van der Waals surface area contributed by atoms with Crippen LogP contribution in [0.25, 0.3) is 0 Å². The molecule has 13 heteroatoms. The van der Waals surface area contributed by atoms with Gasteiger partial charge in [-0.05, 0) is 39.0 Å². The molecule has 0 spiro atoms. The number of nitrogens with one attached hydrogen (secondary N) is 1. The minimum atomic E-state index is -4.00. The van der Waals surface area contributed by atoms with Crippen LogP contribution in [-0.4, -0.2) is 55.9 Å². The van der Waals surface area contributed by atoms with Crippen molar-refractivity contribution in [2.45, 2.75) is 31.3 Å². The lowest BCUT2D eigenvalue weighted by molar-refractivity contribution is -0.385. The molecule has 34 heavy (non-hydrogen) atoms. The first kappa shape index (κ1) is 27.8. The molecule has 1 aliphatic rings. The van der Waals surface area contributed by atoms with Gasteiger partial charge in [0, 0.05) is 49.4 Å². The number of nitro groups is 1. The summed E-state index contributed by atoms with van der Waals surface area (Å²) in [5, 5.41) is 14.8. The Labute approximate surface area is 207 Å². The van der Waals surface area contributed by atoms with Crippen molar-refractivity contribution >= 4 is 45.4 Å². The van der Waals surface area contributed by atoms with E-state index in [-0.39, 0.29) is 45.8 Å². The number of hydrogen-bond donors (Lipinski definition) is 1. The Bertz CT molecular complexity index is 1130. The van der Waals surface area contributed by atoms with E-state index in [2.05, 4.69) is 10.1 Å². The highest BCUT2D eigenvalue weighted by Gasteiger charge is 2.31. The number of nitrogens with zero attached hydrogens (tertiary/aromatic N) is 2. The Kier molecular flexibility index (Phi) is 9.65. The SMILES string of the molecule is CC(C)(C)OC=O.O=[N+]([O-])c1ccc(Oc2cc(Cl)ccc2Cl)c(S(=O)(=O)N2CCNCC2)c1. The van der Waals surface area contributed by atoms with Crippen molar-refractivity contribution in [1.29, 1.82) is 0 Å². The van der Waals surface area contributed by atoms with Crippen LogP contribution in [0.3, 0.4) is 0 Å². The maximum Gasteiger partial charge on any atom is 0.293 e. The second-order valence-corrected chi connectivity index (χ2v) is 10.8. The van der Waals surface area contributed by atoms with E-state index >= 15 is 0 Å². The molecule has 0 aromatic heterocycles. The van der Waals surface area contributed by atoms with E-state index in [1.165, 1.54) is 28.6 Å². The van der Waals surface area contributed by atoms with Gasteiger partial charge in [-0.2, -0.15) is 4.31 Å². The van der Waals surface area contributed by atoms with Crippen LogP contribution in [0.1, 0.15) is 20.8 Å². The lowest BCUT2D eigenvalue weighted by Crippen LogP contribution is -2.46. The molecule has 0 bridgehead atoms. The topological polar surface area (TPSA) is 128 Å². The first-order chi connectivity index (χ1) is 15.8. The van der Waals surface area contributed by atoms with Gasteiger partial charge < -0.3 is 14.8 Å². The Hall–Kier alpha value is -2.44. The van der Waals surface area contributed by atoms with Gasteiger partial charge in [0.15, 0.2) is 0 Å². The molecule has 10 nitrogen and oxygen atoms in total. The maximum absolute atomic E-state index is 13.1. The number of sulfonamides is 1. The average Bonchev–Trinajstić information content (AvgIpc) is 2.76. The predicted octanol–water partition coefficient (Wildman–Crippen LogP) is 4.25. The van der Waals surface area contributed by atoms with Crippen LogP contribution in [0.4, 0.5) is 5.69 Å². The van der Waals surface area contributed by atoms with Crippen LogP contribution < -0.4 is 10.1 Å². The molecule has 2 aromatic carbocycles. The molecule has 0 unspecified atom stereocenters. The van der Waals surface area contributed by atoms with Gasteiger partial charge in [0.05, 0.1) is 9.95 Å². The van der Waals surface area contributed by atoms with E-state index in [0.29, 0.717) is 24.6 Å². The van der Waals surface area contributed by atoms with Gasteiger partial charge in [-0.15, -0.1) is 0 Å². The molecule has 0 amide bonds. The van der Waals surface area contributed by atoms with E-state index in [4.69, 9.17) is 27.9 Å². The highest BCUT2D eigenvalue weighted by Crippen LogP contribution is 2.37. The first-order valence-electron chi connectivity index (χ1n) is 10.1. The van der Waals surface area contributed by atoms with Gasteiger partial charge in [-0.1, -0.05) is 23.2 Å². The molecule has 2 aromatic rings. The molecule has 1 N–H and O–H groups in total. The van der Waals surface area contributed by atoms with E-state index in [9.17, 15) is 23.3 Å². The summed E-state index contributed by atoms with van der Waals surface area (Å²) >= 11 is 12.0. The lowest BCUT2D eigenvalue weighted by Gasteiger charge is -2.27. The van der Waals surface area contributed by atoms with Crippen molar-refractivity contribution in [2.75, 3.05) is 26.2 Å². The van der Waals surface area contributed by atoms with E-state index < -0.39 is 14.9 Å². The summed E-state index contributed by atoms with van der Waals surface area (Å²) in [6, 6.07) is 7.91. The molecule has 1 fully saturated rings. The zero-order chi connectivity index (χ0) is 25.5. The minimum absolute atomic E-state index is 0.0664. The fourth-order valence-corrected chi connectivity index (χ4v) is 4.63. The number of ether oxygens (including phenoxy) is 2. The van der Waals surface area contributed by atoms with Crippen LogP contribution >= 0.6 is 23.2 Å². The summed E-state index contributed by atoms with van der Waals surface area (Å²) in [5.74, 6) is 0.0816. The average molecular weight is 534 g/mol. The molecule has 186 valence electrons. The number of benzene rings is 2. The van der Waals surface area contributed by atoms with E-state index in [0.717, 1.165) is 6.07 Å². The third kappa shape index (κ3) is 7.81. The van der Waals surface area contributed by atoms with Crippen molar-refractivity contribution in [1.82, 2.24) is 9.62 Å². The first-order valence-corrected chi connectivity index (χ1v) is 12.3. The minimum Gasteiger partial charge on any atom is -0.462 e. The second kappa shape index (κ2) is 11.8. The van der Waals surface area contributed by atoms with Crippen LogP contribution in [0.15, 0.2) is 41.3 Å². The Morgan fingerprint density at radius 2 is 1.74 bits per heavy atom. The summed E-state index contributed by atoms with van der Waals surface area (Å²) in [7, 11) is -4.00. The molecule has 0 atom stereocenters.